The third kappa shape index (κ3) is 3.34. The van der Waals surface area contributed by atoms with Crippen molar-refractivity contribution in [2.24, 2.45) is 0 Å². The van der Waals surface area contributed by atoms with Crippen molar-refractivity contribution in [2.75, 3.05) is 0 Å². The summed E-state index contributed by atoms with van der Waals surface area (Å²) in [5.41, 5.74) is 0.991. The molecule has 0 bridgehead atoms. The SMILES string of the molecule is CCn1cc(S(=O)(=O)NCc2sccc2C)cc1C(=O)O. The molecular formula is C13H16N2O4S2. The Morgan fingerprint density at radius 2 is 2.19 bits per heavy atom. The van der Waals surface area contributed by atoms with Gasteiger partial charge in [0, 0.05) is 24.2 Å². The van der Waals surface area contributed by atoms with Crippen LogP contribution in [0, 0.1) is 6.92 Å². The van der Waals surface area contributed by atoms with Crippen LogP contribution < -0.4 is 4.72 Å². The maximum absolute atomic E-state index is 12.2. The molecule has 6 nitrogen and oxygen atoms in total. The van der Waals surface area contributed by atoms with Crippen molar-refractivity contribution >= 4 is 27.3 Å². The van der Waals surface area contributed by atoms with E-state index in [-0.39, 0.29) is 17.1 Å². The molecule has 0 atom stereocenters. The van der Waals surface area contributed by atoms with Gasteiger partial charge in [-0.25, -0.2) is 17.9 Å². The van der Waals surface area contributed by atoms with Crippen molar-refractivity contribution in [1.29, 1.82) is 0 Å². The van der Waals surface area contributed by atoms with E-state index in [1.807, 2.05) is 18.4 Å². The summed E-state index contributed by atoms with van der Waals surface area (Å²) in [6.45, 7) is 4.26. The molecule has 2 aromatic rings. The van der Waals surface area contributed by atoms with Gasteiger partial charge in [-0.3, -0.25) is 0 Å². The second-order valence-corrected chi connectivity index (χ2v) is 7.27. The quantitative estimate of drug-likeness (QED) is 0.849. The lowest BCUT2D eigenvalue weighted by Gasteiger charge is -2.04. The number of aromatic carboxylic acids is 1. The number of thiophene rings is 1. The number of carbonyl (C=O) groups is 1. The topological polar surface area (TPSA) is 88.4 Å². The maximum atomic E-state index is 12.2. The van der Waals surface area contributed by atoms with Gasteiger partial charge in [0.25, 0.3) is 0 Å². The second kappa shape index (κ2) is 6.00. The van der Waals surface area contributed by atoms with Crippen LogP contribution in [-0.2, 0) is 23.1 Å². The molecule has 2 aromatic heterocycles. The van der Waals surface area contributed by atoms with E-state index in [2.05, 4.69) is 4.72 Å². The summed E-state index contributed by atoms with van der Waals surface area (Å²) in [6.07, 6.45) is 1.34. The number of nitrogens with zero attached hydrogens (tertiary/aromatic N) is 1. The molecule has 0 unspecified atom stereocenters. The summed E-state index contributed by atoms with van der Waals surface area (Å²) in [4.78, 5) is 12.0. The van der Waals surface area contributed by atoms with E-state index in [9.17, 15) is 13.2 Å². The Labute approximate surface area is 127 Å². The zero-order valence-corrected chi connectivity index (χ0v) is 13.3. The van der Waals surface area contributed by atoms with Crippen LogP contribution in [0.25, 0.3) is 0 Å². The van der Waals surface area contributed by atoms with E-state index >= 15 is 0 Å². The molecule has 0 saturated carbocycles. The summed E-state index contributed by atoms with van der Waals surface area (Å²) in [5, 5.41) is 11.0. The Morgan fingerprint density at radius 1 is 1.48 bits per heavy atom. The van der Waals surface area contributed by atoms with Crippen LogP contribution in [0.15, 0.2) is 28.6 Å². The first-order valence-electron chi connectivity index (χ1n) is 6.31. The smallest absolute Gasteiger partial charge is 0.352 e. The summed E-state index contributed by atoms with van der Waals surface area (Å²) in [7, 11) is -3.73. The van der Waals surface area contributed by atoms with Gasteiger partial charge in [0.05, 0.1) is 0 Å². The highest BCUT2D eigenvalue weighted by atomic mass is 32.2. The van der Waals surface area contributed by atoms with E-state index in [1.165, 1.54) is 28.2 Å². The van der Waals surface area contributed by atoms with E-state index in [0.29, 0.717) is 6.54 Å². The highest BCUT2D eigenvalue weighted by Gasteiger charge is 2.21. The van der Waals surface area contributed by atoms with E-state index in [0.717, 1.165) is 10.4 Å². The van der Waals surface area contributed by atoms with Crippen LogP contribution in [0.1, 0.15) is 27.9 Å². The summed E-state index contributed by atoms with van der Waals surface area (Å²) >= 11 is 1.48. The Kier molecular flexibility index (Phi) is 4.50. The molecule has 0 aromatic carbocycles. The Balaban J connectivity index is 2.23. The number of hydrogen-bond acceptors (Lipinski definition) is 4. The molecule has 2 N–H and O–H groups in total. The average Bonchev–Trinajstić information content (AvgIpc) is 3.02. The molecule has 0 spiro atoms. The number of hydrogen-bond donors (Lipinski definition) is 2. The van der Waals surface area contributed by atoms with Gasteiger partial charge in [-0.05, 0) is 36.9 Å². The lowest BCUT2D eigenvalue weighted by molar-refractivity contribution is 0.0685. The highest BCUT2D eigenvalue weighted by Crippen LogP contribution is 2.18. The molecule has 0 saturated heterocycles. The number of sulfonamides is 1. The molecule has 0 aliphatic carbocycles. The van der Waals surface area contributed by atoms with Gasteiger partial charge in [-0.2, -0.15) is 0 Å². The molecule has 0 radical (unpaired) electrons. The van der Waals surface area contributed by atoms with Gasteiger partial charge in [-0.1, -0.05) is 0 Å². The molecular weight excluding hydrogens is 312 g/mol. The number of aromatic nitrogens is 1. The number of carboxylic acids is 1. The molecule has 2 heterocycles. The normalized spacial score (nSPS) is 11.7. The molecule has 0 aliphatic rings. The largest absolute Gasteiger partial charge is 0.477 e. The number of carboxylic acid groups (broad SMARTS) is 1. The first-order chi connectivity index (χ1) is 9.85. The molecule has 21 heavy (non-hydrogen) atoms. The first-order valence-corrected chi connectivity index (χ1v) is 8.67. The van der Waals surface area contributed by atoms with Crippen LogP contribution in [0.3, 0.4) is 0 Å². The van der Waals surface area contributed by atoms with Gasteiger partial charge >= 0.3 is 5.97 Å². The van der Waals surface area contributed by atoms with Gasteiger partial charge in [0.2, 0.25) is 10.0 Å². The standard InChI is InChI=1S/C13H16N2O4S2/c1-3-15-8-10(6-11(15)13(16)17)21(18,19)14-7-12-9(2)4-5-20-12/h4-6,8,14H,3,7H2,1-2H3,(H,16,17). The lowest BCUT2D eigenvalue weighted by atomic mass is 10.3. The fraction of sp³-hybridized carbons (Fsp3) is 0.308. The lowest BCUT2D eigenvalue weighted by Crippen LogP contribution is -2.22. The minimum atomic E-state index is -3.73. The third-order valence-corrected chi connectivity index (χ3v) is 5.52. The fourth-order valence-corrected chi connectivity index (χ4v) is 3.87. The zero-order chi connectivity index (χ0) is 15.6. The summed E-state index contributed by atoms with van der Waals surface area (Å²) < 4.78 is 28.4. The Hall–Kier alpha value is -1.64. The van der Waals surface area contributed by atoms with Crippen molar-refractivity contribution in [2.45, 2.75) is 31.8 Å². The van der Waals surface area contributed by atoms with Crippen molar-refractivity contribution in [3.63, 3.8) is 0 Å². The summed E-state index contributed by atoms with van der Waals surface area (Å²) in [5.74, 6) is -1.15. The molecule has 114 valence electrons. The molecule has 2 rings (SSSR count). The molecule has 0 aliphatic heterocycles. The van der Waals surface area contributed by atoms with Crippen LogP contribution in [0.2, 0.25) is 0 Å². The Bertz CT molecular complexity index is 759. The van der Waals surface area contributed by atoms with Crippen LogP contribution >= 0.6 is 11.3 Å². The average molecular weight is 328 g/mol. The zero-order valence-electron chi connectivity index (χ0n) is 11.7. The Morgan fingerprint density at radius 3 is 2.67 bits per heavy atom. The van der Waals surface area contributed by atoms with Crippen LogP contribution in [0.5, 0.6) is 0 Å². The van der Waals surface area contributed by atoms with Crippen LogP contribution in [-0.4, -0.2) is 24.1 Å². The van der Waals surface area contributed by atoms with Gasteiger partial charge in [-0.15, -0.1) is 11.3 Å². The molecule has 0 amide bonds. The van der Waals surface area contributed by atoms with Crippen molar-refractivity contribution in [3.8, 4) is 0 Å². The first kappa shape index (κ1) is 15.7. The predicted molar refractivity (Wildman–Crippen MR) is 80.1 cm³/mol. The predicted octanol–water partition coefficient (Wildman–Crippen LogP) is 2.05. The van der Waals surface area contributed by atoms with Gasteiger partial charge < -0.3 is 9.67 Å². The van der Waals surface area contributed by atoms with Crippen molar-refractivity contribution in [1.82, 2.24) is 9.29 Å². The fourth-order valence-electron chi connectivity index (χ4n) is 1.90. The van der Waals surface area contributed by atoms with E-state index in [1.54, 1.807) is 6.92 Å². The minimum Gasteiger partial charge on any atom is -0.477 e. The third-order valence-electron chi connectivity index (χ3n) is 3.13. The minimum absolute atomic E-state index is 0.0315. The van der Waals surface area contributed by atoms with E-state index < -0.39 is 16.0 Å². The number of nitrogens with one attached hydrogen (secondary N) is 1. The van der Waals surface area contributed by atoms with Crippen molar-refractivity contribution in [3.05, 3.63) is 39.8 Å². The van der Waals surface area contributed by atoms with Gasteiger partial charge in [0.1, 0.15) is 10.6 Å². The molecule has 0 fully saturated rings. The summed E-state index contributed by atoms with van der Waals surface area (Å²) in [6, 6.07) is 3.10. The number of aryl methyl sites for hydroxylation is 2. The second-order valence-electron chi connectivity index (χ2n) is 4.50. The van der Waals surface area contributed by atoms with Crippen LogP contribution in [0.4, 0.5) is 0 Å². The highest BCUT2D eigenvalue weighted by molar-refractivity contribution is 7.89. The number of rotatable bonds is 6. The van der Waals surface area contributed by atoms with Gasteiger partial charge in [0.15, 0.2) is 0 Å². The monoisotopic (exact) mass is 328 g/mol. The maximum Gasteiger partial charge on any atom is 0.352 e. The van der Waals surface area contributed by atoms with E-state index in [4.69, 9.17) is 5.11 Å². The van der Waals surface area contributed by atoms with Crippen molar-refractivity contribution < 1.29 is 18.3 Å². The molecule has 8 heteroatoms.